The van der Waals surface area contributed by atoms with Crippen LogP contribution in [0.1, 0.15) is 0 Å². The molecule has 18 heavy (non-hydrogen) atoms. The maximum Gasteiger partial charge on any atom is 0.332 e. The molecule has 0 amide bonds. The standard InChI is InChI=1S/C8H12N8O2/c1-14-5-4(6(17)15(2)8(14)18)10-7(11-5)12-13-16(3)9/h9H2,1-3H3,(H,10,11)/b13-12+. The summed E-state index contributed by atoms with van der Waals surface area (Å²) in [5.41, 5.74) is -0.522. The Morgan fingerprint density at radius 3 is 2.61 bits per heavy atom. The molecule has 0 aliphatic heterocycles. The van der Waals surface area contributed by atoms with Gasteiger partial charge in [-0.05, 0) is 0 Å². The summed E-state index contributed by atoms with van der Waals surface area (Å²) in [6, 6.07) is 0. The second-order valence-electron chi connectivity index (χ2n) is 3.73. The number of aromatic nitrogens is 4. The molecule has 0 atom stereocenters. The van der Waals surface area contributed by atoms with Crippen molar-refractivity contribution >= 4 is 17.1 Å². The Labute approximate surface area is 100 Å². The van der Waals surface area contributed by atoms with Crippen LogP contribution in [0.2, 0.25) is 0 Å². The summed E-state index contributed by atoms with van der Waals surface area (Å²) in [7, 11) is 4.39. The molecule has 0 unspecified atom stereocenters. The molecule has 2 rings (SSSR count). The largest absolute Gasteiger partial charge is 0.332 e. The van der Waals surface area contributed by atoms with Crippen molar-refractivity contribution in [2.45, 2.75) is 0 Å². The molecule has 3 N–H and O–H groups in total. The zero-order valence-corrected chi connectivity index (χ0v) is 10.1. The lowest BCUT2D eigenvalue weighted by Gasteiger charge is -2.00. The van der Waals surface area contributed by atoms with Crippen LogP contribution in [0.25, 0.3) is 11.2 Å². The van der Waals surface area contributed by atoms with Gasteiger partial charge in [0.05, 0.1) is 0 Å². The Bertz CT molecular complexity index is 734. The van der Waals surface area contributed by atoms with E-state index >= 15 is 0 Å². The fourth-order valence-electron chi connectivity index (χ4n) is 1.47. The number of aryl methyl sites for hydroxylation is 1. The molecule has 0 spiro atoms. The first kappa shape index (κ1) is 12.0. The number of hydrogen-bond acceptors (Lipinski definition) is 6. The van der Waals surface area contributed by atoms with Gasteiger partial charge < -0.3 is 4.98 Å². The minimum absolute atomic E-state index is 0.0978. The number of nitrogens with zero attached hydrogens (tertiary/aromatic N) is 6. The van der Waals surface area contributed by atoms with E-state index < -0.39 is 11.2 Å². The van der Waals surface area contributed by atoms with Crippen LogP contribution in [-0.4, -0.2) is 31.3 Å². The van der Waals surface area contributed by atoms with Crippen LogP contribution in [0.4, 0.5) is 5.95 Å². The summed E-state index contributed by atoms with van der Waals surface area (Å²) < 4.78 is 2.23. The van der Waals surface area contributed by atoms with Gasteiger partial charge in [0, 0.05) is 21.1 Å². The normalized spacial score (nSPS) is 11.6. The zero-order chi connectivity index (χ0) is 13.4. The Kier molecular flexibility index (Phi) is 2.71. The molecule has 0 radical (unpaired) electrons. The average molecular weight is 252 g/mol. The molecule has 96 valence electrons. The van der Waals surface area contributed by atoms with Gasteiger partial charge in [-0.1, -0.05) is 10.3 Å². The molecule has 2 heterocycles. The quantitative estimate of drug-likeness (QED) is 0.393. The lowest BCUT2D eigenvalue weighted by Crippen LogP contribution is -2.36. The molecule has 0 fully saturated rings. The number of H-pyrrole nitrogens is 1. The second-order valence-corrected chi connectivity index (χ2v) is 3.73. The molecule has 0 saturated carbocycles. The van der Waals surface area contributed by atoms with E-state index in [2.05, 4.69) is 20.3 Å². The van der Waals surface area contributed by atoms with Gasteiger partial charge in [0.1, 0.15) is 0 Å². The van der Waals surface area contributed by atoms with Crippen LogP contribution in [0.5, 0.6) is 0 Å². The molecule has 0 aliphatic carbocycles. The molecule has 0 saturated heterocycles. The number of nitrogens with two attached hydrogens (primary N) is 1. The Hall–Kier alpha value is -2.49. The Morgan fingerprint density at radius 1 is 1.33 bits per heavy atom. The number of hydrogen-bond donors (Lipinski definition) is 2. The molecular weight excluding hydrogens is 240 g/mol. The van der Waals surface area contributed by atoms with Crippen LogP contribution in [0.3, 0.4) is 0 Å². The average Bonchev–Trinajstić information content (AvgIpc) is 2.75. The van der Waals surface area contributed by atoms with E-state index in [0.717, 1.165) is 9.69 Å². The summed E-state index contributed by atoms with van der Waals surface area (Å²) >= 11 is 0. The summed E-state index contributed by atoms with van der Waals surface area (Å²) in [5, 5.41) is 8.21. The highest BCUT2D eigenvalue weighted by molar-refractivity contribution is 5.71. The molecule has 0 bridgehead atoms. The van der Waals surface area contributed by atoms with Gasteiger partial charge in [0.25, 0.3) is 11.5 Å². The van der Waals surface area contributed by atoms with Crippen molar-refractivity contribution < 1.29 is 0 Å². The minimum atomic E-state index is -0.469. The molecule has 2 aromatic heterocycles. The predicted octanol–water partition coefficient (Wildman–Crippen LogP) is -1.24. The third kappa shape index (κ3) is 1.78. The molecular formula is C8H12N8O2. The van der Waals surface area contributed by atoms with Crippen LogP contribution < -0.4 is 17.1 Å². The van der Waals surface area contributed by atoms with E-state index in [1.807, 2.05) is 0 Å². The topological polar surface area (TPSA) is 127 Å². The lowest BCUT2D eigenvalue weighted by atomic mass is 10.5. The minimum Gasteiger partial charge on any atom is -0.315 e. The number of hydrazine groups is 1. The summed E-state index contributed by atoms with van der Waals surface area (Å²) in [4.78, 5) is 30.2. The molecule has 10 heteroatoms. The van der Waals surface area contributed by atoms with Gasteiger partial charge in [-0.2, -0.15) is 4.98 Å². The van der Waals surface area contributed by atoms with Gasteiger partial charge in [-0.25, -0.2) is 15.8 Å². The van der Waals surface area contributed by atoms with Crippen molar-refractivity contribution in [3.63, 3.8) is 0 Å². The van der Waals surface area contributed by atoms with E-state index in [-0.39, 0.29) is 17.1 Å². The SMILES string of the molecule is CN(N)/N=N/c1nc2c([nH]1)c(=O)n(C)c(=O)n2C. The summed E-state index contributed by atoms with van der Waals surface area (Å²) in [6.45, 7) is 0. The molecule has 2 aromatic rings. The van der Waals surface area contributed by atoms with Crippen molar-refractivity contribution in [2.75, 3.05) is 7.05 Å². The zero-order valence-electron chi connectivity index (χ0n) is 10.1. The molecule has 10 nitrogen and oxygen atoms in total. The Balaban J connectivity index is 2.73. The monoisotopic (exact) mass is 252 g/mol. The van der Waals surface area contributed by atoms with E-state index in [4.69, 9.17) is 5.84 Å². The first-order valence-electron chi connectivity index (χ1n) is 4.97. The van der Waals surface area contributed by atoms with E-state index in [1.54, 1.807) is 0 Å². The van der Waals surface area contributed by atoms with Crippen molar-refractivity contribution in [3.05, 3.63) is 20.8 Å². The Morgan fingerprint density at radius 2 is 2.00 bits per heavy atom. The van der Waals surface area contributed by atoms with Crippen molar-refractivity contribution in [2.24, 2.45) is 30.3 Å². The van der Waals surface area contributed by atoms with Gasteiger partial charge in [-0.3, -0.25) is 13.9 Å². The summed E-state index contributed by atoms with van der Waals surface area (Å²) in [5.74, 6) is 5.35. The van der Waals surface area contributed by atoms with E-state index in [0.29, 0.717) is 0 Å². The maximum atomic E-state index is 11.8. The van der Waals surface area contributed by atoms with Crippen molar-refractivity contribution in [1.29, 1.82) is 0 Å². The lowest BCUT2D eigenvalue weighted by molar-refractivity contribution is 0.346. The van der Waals surface area contributed by atoms with E-state index in [1.165, 1.54) is 25.7 Å². The third-order valence-corrected chi connectivity index (χ3v) is 2.36. The fraction of sp³-hybridized carbons (Fsp3) is 0.375. The van der Waals surface area contributed by atoms with Crippen molar-refractivity contribution in [3.8, 4) is 0 Å². The number of rotatable bonds is 2. The number of imidazole rings is 1. The van der Waals surface area contributed by atoms with Crippen molar-refractivity contribution in [1.82, 2.24) is 24.2 Å². The van der Waals surface area contributed by atoms with Crippen LogP contribution in [0, 0.1) is 0 Å². The van der Waals surface area contributed by atoms with Gasteiger partial charge >= 0.3 is 5.69 Å². The van der Waals surface area contributed by atoms with E-state index in [9.17, 15) is 9.59 Å². The van der Waals surface area contributed by atoms with Crippen LogP contribution >= 0.6 is 0 Å². The fourth-order valence-corrected chi connectivity index (χ4v) is 1.47. The molecule has 0 aliphatic rings. The van der Waals surface area contributed by atoms with Gasteiger partial charge in [0.15, 0.2) is 11.2 Å². The first-order valence-corrected chi connectivity index (χ1v) is 4.97. The second kappa shape index (κ2) is 4.07. The van der Waals surface area contributed by atoms with Gasteiger partial charge in [0.2, 0.25) is 0 Å². The number of aromatic amines is 1. The molecule has 0 aromatic carbocycles. The van der Waals surface area contributed by atoms with Gasteiger partial charge in [-0.15, -0.1) is 0 Å². The third-order valence-electron chi connectivity index (χ3n) is 2.36. The first-order chi connectivity index (χ1) is 8.41. The number of nitrogens with one attached hydrogen (secondary N) is 1. The maximum absolute atomic E-state index is 11.8. The summed E-state index contributed by atoms with van der Waals surface area (Å²) in [6.07, 6.45) is 0. The van der Waals surface area contributed by atoms with Crippen LogP contribution in [-0.2, 0) is 14.1 Å². The highest BCUT2D eigenvalue weighted by Gasteiger charge is 2.12. The predicted molar refractivity (Wildman–Crippen MR) is 63.0 cm³/mol. The number of fused-ring (bicyclic) bond motifs is 1. The smallest absolute Gasteiger partial charge is 0.315 e. The highest BCUT2D eigenvalue weighted by atomic mass is 16.2. The van der Waals surface area contributed by atoms with Crippen LogP contribution in [0.15, 0.2) is 19.9 Å². The highest BCUT2D eigenvalue weighted by Crippen LogP contribution is 2.11.